The molecule has 92 valence electrons. The van der Waals surface area contributed by atoms with Gasteiger partial charge >= 0.3 is 6.09 Å². The van der Waals surface area contributed by atoms with Crippen LogP contribution in [0.5, 0.6) is 0 Å². The Balaban J connectivity index is 1.82. The van der Waals surface area contributed by atoms with E-state index in [0.29, 0.717) is 0 Å². The highest BCUT2D eigenvalue weighted by Crippen LogP contribution is 2.14. The predicted molar refractivity (Wildman–Crippen MR) is 59.1 cm³/mol. The lowest BCUT2D eigenvalue weighted by Crippen LogP contribution is -2.30. The average Bonchev–Trinajstić information content (AvgIpc) is 2.68. The number of amides is 1. The number of rotatable bonds is 2. The number of benzene rings is 1. The molecule has 1 aliphatic heterocycles. The molecule has 2 unspecified atom stereocenters. The van der Waals surface area contributed by atoms with E-state index in [1.807, 2.05) is 30.3 Å². The van der Waals surface area contributed by atoms with Gasteiger partial charge in [-0.05, 0) is 5.56 Å². The molecule has 17 heavy (non-hydrogen) atoms. The van der Waals surface area contributed by atoms with Gasteiger partial charge in [0, 0.05) is 0 Å². The third kappa shape index (κ3) is 2.94. The molecule has 2 rings (SSSR count). The van der Waals surface area contributed by atoms with Crippen LogP contribution < -0.4 is 0 Å². The summed E-state index contributed by atoms with van der Waals surface area (Å²) in [5.41, 5.74) is 0.873. The molecule has 0 radical (unpaired) electrons. The molecular weight excluding hydrogens is 225 g/mol. The first-order chi connectivity index (χ1) is 8.16. The zero-order valence-electron chi connectivity index (χ0n) is 9.25. The van der Waals surface area contributed by atoms with Gasteiger partial charge in [0.05, 0.1) is 13.1 Å². The van der Waals surface area contributed by atoms with Crippen LogP contribution in [0.4, 0.5) is 9.18 Å². The van der Waals surface area contributed by atoms with E-state index in [0.717, 1.165) is 5.56 Å². The Bertz CT molecular complexity index is 375. The SMILES string of the molecule is O=C(OCc1ccccc1)N1CC(O)C(F)C1. The fourth-order valence-electron chi connectivity index (χ4n) is 1.71. The third-order valence-corrected chi connectivity index (χ3v) is 2.68. The number of hydrogen-bond acceptors (Lipinski definition) is 3. The lowest BCUT2D eigenvalue weighted by atomic mass is 10.2. The van der Waals surface area contributed by atoms with Crippen LogP contribution >= 0.6 is 0 Å². The van der Waals surface area contributed by atoms with E-state index in [-0.39, 0.29) is 19.7 Å². The summed E-state index contributed by atoms with van der Waals surface area (Å²) in [6.45, 7) is 0.0484. The van der Waals surface area contributed by atoms with Gasteiger partial charge in [0.1, 0.15) is 18.9 Å². The molecule has 1 aromatic carbocycles. The van der Waals surface area contributed by atoms with Gasteiger partial charge in [-0.1, -0.05) is 30.3 Å². The standard InChI is InChI=1S/C12H14FNO3/c13-10-6-14(7-11(10)15)12(16)17-8-9-4-2-1-3-5-9/h1-5,10-11,15H,6-8H2. The molecular formula is C12H14FNO3. The lowest BCUT2D eigenvalue weighted by Gasteiger charge is -2.14. The summed E-state index contributed by atoms with van der Waals surface area (Å²) in [6, 6.07) is 9.24. The highest BCUT2D eigenvalue weighted by Gasteiger charge is 2.34. The van der Waals surface area contributed by atoms with Crippen LogP contribution in [0.15, 0.2) is 30.3 Å². The highest BCUT2D eigenvalue weighted by molar-refractivity contribution is 5.68. The molecule has 0 aromatic heterocycles. The van der Waals surface area contributed by atoms with Gasteiger partial charge in [-0.2, -0.15) is 0 Å². The Morgan fingerprint density at radius 2 is 2.12 bits per heavy atom. The van der Waals surface area contributed by atoms with E-state index in [4.69, 9.17) is 4.74 Å². The molecule has 0 bridgehead atoms. The number of β-amino-alcohol motifs (C(OH)–C–C–N with tert-alkyl or cyclic N) is 1. The molecule has 1 N–H and O–H groups in total. The Kier molecular flexibility index (Phi) is 3.58. The maximum atomic E-state index is 13.0. The molecule has 2 atom stereocenters. The second-order valence-electron chi connectivity index (χ2n) is 4.03. The van der Waals surface area contributed by atoms with Crippen LogP contribution in [0.3, 0.4) is 0 Å². The largest absolute Gasteiger partial charge is 0.445 e. The van der Waals surface area contributed by atoms with Crippen molar-refractivity contribution >= 4 is 6.09 Å². The van der Waals surface area contributed by atoms with E-state index in [2.05, 4.69) is 0 Å². The van der Waals surface area contributed by atoms with E-state index < -0.39 is 18.4 Å². The number of ether oxygens (including phenoxy) is 1. The third-order valence-electron chi connectivity index (χ3n) is 2.68. The molecule has 1 heterocycles. The van der Waals surface area contributed by atoms with E-state index in [9.17, 15) is 14.3 Å². The normalized spacial score (nSPS) is 23.8. The van der Waals surface area contributed by atoms with Gasteiger partial charge in [-0.15, -0.1) is 0 Å². The second-order valence-corrected chi connectivity index (χ2v) is 4.03. The number of alkyl halides is 1. The summed E-state index contributed by atoms with van der Waals surface area (Å²) in [4.78, 5) is 12.7. The number of aliphatic hydroxyl groups is 1. The first-order valence-electron chi connectivity index (χ1n) is 5.44. The summed E-state index contributed by atoms with van der Waals surface area (Å²) in [6.07, 6.45) is -3.06. The van der Waals surface area contributed by atoms with Crippen LogP contribution in [-0.2, 0) is 11.3 Å². The zero-order chi connectivity index (χ0) is 12.3. The molecule has 1 aromatic rings. The van der Waals surface area contributed by atoms with Crippen LogP contribution in [0.25, 0.3) is 0 Å². The van der Waals surface area contributed by atoms with Crippen molar-refractivity contribution in [1.82, 2.24) is 4.90 Å². The summed E-state index contributed by atoms with van der Waals surface area (Å²) in [5.74, 6) is 0. The highest BCUT2D eigenvalue weighted by atomic mass is 19.1. The fourth-order valence-corrected chi connectivity index (χ4v) is 1.71. The minimum Gasteiger partial charge on any atom is -0.445 e. The van der Waals surface area contributed by atoms with Crippen molar-refractivity contribution < 1.29 is 19.0 Å². The van der Waals surface area contributed by atoms with Crippen LogP contribution in [-0.4, -0.2) is 41.5 Å². The molecule has 1 amide bonds. The number of nitrogens with zero attached hydrogens (tertiary/aromatic N) is 1. The van der Waals surface area contributed by atoms with Gasteiger partial charge in [-0.3, -0.25) is 0 Å². The molecule has 1 aliphatic rings. The van der Waals surface area contributed by atoms with Crippen molar-refractivity contribution in [1.29, 1.82) is 0 Å². The molecule has 0 spiro atoms. The van der Waals surface area contributed by atoms with Crippen molar-refractivity contribution in [2.45, 2.75) is 18.9 Å². The van der Waals surface area contributed by atoms with Crippen LogP contribution in [0.1, 0.15) is 5.56 Å². The minimum atomic E-state index is -1.38. The van der Waals surface area contributed by atoms with Crippen molar-refractivity contribution in [3.05, 3.63) is 35.9 Å². The monoisotopic (exact) mass is 239 g/mol. The molecule has 4 nitrogen and oxygen atoms in total. The van der Waals surface area contributed by atoms with Crippen molar-refractivity contribution in [2.24, 2.45) is 0 Å². The molecule has 0 saturated carbocycles. The van der Waals surface area contributed by atoms with Gasteiger partial charge < -0.3 is 14.7 Å². The molecule has 1 fully saturated rings. The molecule has 0 aliphatic carbocycles. The first-order valence-corrected chi connectivity index (χ1v) is 5.44. The second kappa shape index (κ2) is 5.14. The number of aliphatic hydroxyl groups excluding tert-OH is 1. The smallest absolute Gasteiger partial charge is 0.410 e. The first kappa shape index (κ1) is 11.9. The van der Waals surface area contributed by atoms with Crippen LogP contribution in [0, 0.1) is 0 Å². The van der Waals surface area contributed by atoms with Crippen molar-refractivity contribution in [3.8, 4) is 0 Å². The number of hydrogen-bond donors (Lipinski definition) is 1. The number of halogens is 1. The Labute approximate surface area is 98.6 Å². The Hall–Kier alpha value is -1.62. The minimum absolute atomic E-state index is 0.00517. The van der Waals surface area contributed by atoms with E-state index in [1.165, 1.54) is 4.90 Å². The predicted octanol–water partition coefficient (Wildman–Crippen LogP) is 1.34. The molecule has 5 heteroatoms. The summed E-state index contributed by atoms with van der Waals surface area (Å²) >= 11 is 0. The molecule has 1 saturated heterocycles. The summed E-state index contributed by atoms with van der Waals surface area (Å²) < 4.78 is 18.0. The lowest BCUT2D eigenvalue weighted by molar-refractivity contribution is 0.0958. The maximum Gasteiger partial charge on any atom is 0.410 e. The van der Waals surface area contributed by atoms with Crippen molar-refractivity contribution in [3.63, 3.8) is 0 Å². The fraction of sp³-hybridized carbons (Fsp3) is 0.417. The number of carbonyl (C=O) groups is 1. The van der Waals surface area contributed by atoms with Crippen molar-refractivity contribution in [2.75, 3.05) is 13.1 Å². The maximum absolute atomic E-state index is 13.0. The van der Waals surface area contributed by atoms with Gasteiger partial charge in [-0.25, -0.2) is 9.18 Å². The Morgan fingerprint density at radius 1 is 1.41 bits per heavy atom. The van der Waals surface area contributed by atoms with E-state index in [1.54, 1.807) is 0 Å². The average molecular weight is 239 g/mol. The number of likely N-dealkylation sites (tertiary alicyclic amines) is 1. The number of carbonyl (C=O) groups excluding carboxylic acids is 1. The topological polar surface area (TPSA) is 49.8 Å². The summed E-state index contributed by atoms with van der Waals surface area (Å²) in [5, 5.41) is 9.18. The quantitative estimate of drug-likeness (QED) is 0.847. The summed E-state index contributed by atoms with van der Waals surface area (Å²) in [7, 11) is 0. The van der Waals surface area contributed by atoms with Gasteiger partial charge in [0.2, 0.25) is 0 Å². The van der Waals surface area contributed by atoms with Crippen LogP contribution in [0.2, 0.25) is 0 Å². The van der Waals surface area contributed by atoms with Gasteiger partial charge in [0.25, 0.3) is 0 Å². The van der Waals surface area contributed by atoms with Gasteiger partial charge in [0.15, 0.2) is 0 Å². The zero-order valence-corrected chi connectivity index (χ0v) is 9.25. The van der Waals surface area contributed by atoms with E-state index >= 15 is 0 Å². The Morgan fingerprint density at radius 3 is 2.71 bits per heavy atom.